The molecule has 5 nitrogen and oxygen atoms in total. The van der Waals surface area contributed by atoms with Crippen molar-refractivity contribution in [1.82, 2.24) is 5.43 Å². The molecule has 1 amide bonds. The van der Waals surface area contributed by atoms with Gasteiger partial charge >= 0.3 is 0 Å². The molecule has 4 aromatic rings. The van der Waals surface area contributed by atoms with Crippen LogP contribution in [0.4, 0.5) is 0 Å². The number of fused-ring (bicyclic) bond motifs is 1. The number of nitrogens with zero attached hydrogens (tertiary/aromatic N) is 1. The monoisotopic (exact) mass is 390 g/mol. The molecule has 3 aromatic carbocycles. The first kappa shape index (κ1) is 17.8. The van der Waals surface area contributed by atoms with Crippen molar-refractivity contribution in [3.8, 4) is 17.1 Å². The van der Waals surface area contributed by atoms with Crippen LogP contribution >= 0.6 is 11.6 Å². The highest BCUT2D eigenvalue weighted by Crippen LogP contribution is 2.25. The zero-order valence-electron chi connectivity index (χ0n) is 14.6. The van der Waals surface area contributed by atoms with E-state index in [0.717, 1.165) is 16.3 Å². The lowest BCUT2D eigenvalue weighted by Crippen LogP contribution is -2.17. The SMILES string of the molecule is O=C(NN=Cc1ccc(-c2cccc(Cl)c2)o1)c1cc2ccccc2cc1O. The van der Waals surface area contributed by atoms with E-state index < -0.39 is 5.91 Å². The summed E-state index contributed by atoms with van der Waals surface area (Å²) in [6.07, 6.45) is 1.39. The topological polar surface area (TPSA) is 74.8 Å². The van der Waals surface area contributed by atoms with Gasteiger partial charge in [0.2, 0.25) is 0 Å². The number of phenolic OH excluding ortho intramolecular Hbond substituents is 1. The Balaban J connectivity index is 1.48. The van der Waals surface area contributed by atoms with Crippen LogP contribution in [0.3, 0.4) is 0 Å². The van der Waals surface area contributed by atoms with E-state index in [1.807, 2.05) is 36.4 Å². The molecule has 0 aliphatic carbocycles. The highest BCUT2D eigenvalue weighted by atomic mass is 35.5. The molecule has 4 rings (SSSR count). The molecule has 0 bridgehead atoms. The van der Waals surface area contributed by atoms with Crippen molar-refractivity contribution in [3.05, 3.63) is 89.1 Å². The van der Waals surface area contributed by atoms with Crippen LogP contribution in [0, 0.1) is 0 Å². The maximum Gasteiger partial charge on any atom is 0.275 e. The Morgan fingerprint density at radius 2 is 1.79 bits per heavy atom. The Bertz CT molecular complexity index is 1200. The Morgan fingerprint density at radius 3 is 2.57 bits per heavy atom. The van der Waals surface area contributed by atoms with Crippen LogP contribution in [-0.2, 0) is 0 Å². The number of carbonyl (C=O) groups is 1. The van der Waals surface area contributed by atoms with Crippen LogP contribution in [-0.4, -0.2) is 17.2 Å². The van der Waals surface area contributed by atoms with Crippen molar-refractivity contribution in [1.29, 1.82) is 0 Å². The fourth-order valence-corrected chi connectivity index (χ4v) is 3.03. The smallest absolute Gasteiger partial charge is 0.275 e. The largest absolute Gasteiger partial charge is 0.507 e. The van der Waals surface area contributed by atoms with Crippen molar-refractivity contribution >= 4 is 34.5 Å². The van der Waals surface area contributed by atoms with Gasteiger partial charge in [-0.2, -0.15) is 5.10 Å². The van der Waals surface area contributed by atoms with Crippen LogP contribution in [0.1, 0.15) is 16.1 Å². The summed E-state index contributed by atoms with van der Waals surface area (Å²) in [5.74, 6) is 0.495. The maximum absolute atomic E-state index is 12.3. The maximum atomic E-state index is 12.3. The van der Waals surface area contributed by atoms with Crippen molar-refractivity contribution in [2.24, 2.45) is 5.10 Å². The van der Waals surface area contributed by atoms with Gasteiger partial charge in [0.25, 0.3) is 5.91 Å². The first-order valence-electron chi connectivity index (χ1n) is 8.51. The van der Waals surface area contributed by atoms with Crippen molar-refractivity contribution < 1.29 is 14.3 Å². The van der Waals surface area contributed by atoms with E-state index in [0.29, 0.717) is 16.5 Å². The number of amides is 1. The van der Waals surface area contributed by atoms with Crippen LogP contribution in [0.5, 0.6) is 5.75 Å². The highest BCUT2D eigenvalue weighted by Gasteiger charge is 2.12. The summed E-state index contributed by atoms with van der Waals surface area (Å²) in [4.78, 5) is 12.3. The van der Waals surface area contributed by atoms with Crippen molar-refractivity contribution in [2.75, 3.05) is 0 Å². The number of rotatable bonds is 4. The van der Waals surface area contributed by atoms with Crippen LogP contribution in [0.2, 0.25) is 5.02 Å². The van der Waals surface area contributed by atoms with Crippen molar-refractivity contribution in [2.45, 2.75) is 0 Å². The summed E-state index contributed by atoms with van der Waals surface area (Å²) < 4.78 is 5.68. The number of halogens is 1. The molecule has 0 saturated carbocycles. The molecule has 138 valence electrons. The van der Waals surface area contributed by atoms with E-state index >= 15 is 0 Å². The predicted molar refractivity (Wildman–Crippen MR) is 110 cm³/mol. The van der Waals surface area contributed by atoms with Gasteiger partial charge in [-0.3, -0.25) is 4.79 Å². The number of benzene rings is 3. The molecule has 0 unspecified atom stereocenters. The first-order valence-corrected chi connectivity index (χ1v) is 8.89. The summed E-state index contributed by atoms with van der Waals surface area (Å²) >= 11 is 5.99. The average molecular weight is 391 g/mol. The fourth-order valence-electron chi connectivity index (χ4n) is 2.84. The predicted octanol–water partition coefficient (Wildman–Crippen LogP) is 5.22. The second-order valence-electron chi connectivity index (χ2n) is 6.13. The van der Waals surface area contributed by atoms with Gasteiger partial charge in [-0.05, 0) is 47.2 Å². The number of hydrogen-bond acceptors (Lipinski definition) is 4. The van der Waals surface area contributed by atoms with Crippen LogP contribution in [0.25, 0.3) is 22.1 Å². The van der Waals surface area contributed by atoms with Gasteiger partial charge in [-0.25, -0.2) is 5.43 Å². The average Bonchev–Trinajstić information content (AvgIpc) is 3.16. The summed E-state index contributed by atoms with van der Waals surface area (Å²) in [5, 5.41) is 16.3. The summed E-state index contributed by atoms with van der Waals surface area (Å²) in [5.41, 5.74) is 3.39. The molecule has 0 atom stereocenters. The van der Waals surface area contributed by atoms with Gasteiger partial charge < -0.3 is 9.52 Å². The third-order valence-corrected chi connectivity index (χ3v) is 4.44. The molecule has 0 saturated heterocycles. The zero-order valence-corrected chi connectivity index (χ0v) is 15.4. The van der Waals surface area contributed by atoms with Gasteiger partial charge in [0.1, 0.15) is 17.3 Å². The third kappa shape index (κ3) is 3.75. The zero-order chi connectivity index (χ0) is 19.5. The Morgan fingerprint density at radius 1 is 1.00 bits per heavy atom. The van der Waals surface area contributed by atoms with E-state index in [1.165, 1.54) is 6.21 Å². The fraction of sp³-hybridized carbons (Fsp3) is 0. The molecule has 1 aromatic heterocycles. The van der Waals surface area contributed by atoms with E-state index in [9.17, 15) is 9.90 Å². The van der Waals surface area contributed by atoms with E-state index in [1.54, 1.807) is 36.4 Å². The number of phenols is 1. The molecule has 0 spiro atoms. The minimum absolute atomic E-state index is 0.104. The number of nitrogens with one attached hydrogen (secondary N) is 1. The molecular weight excluding hydrogens is 376 g/mol. The number of aromatic hydroxyl groups is 1. The minimum Gasteiger partial charge on any atom is -0.507 e. The van der Waals surface area contributed by atoms with Gasteiger partial charge in [-0.1, -0.05) is 48.0 Å². The van der Waals surface area contributed by atoms with Gasteiger partial charge in [0.15, 0.2) is 0 Å². The van der Waals surface area contributed by atoms with Gasteiger partial charge in [0, 0.05) is 10.6 Å². The molecule has 0 radical (unpaired) electrons. The standard InChI is InChI=1S/C22H15ClN2O3/c23-17-7-3-6-16(10-17)21-9-8-18(28-21)13-24-25-22(27)19-11-14-4-1-2-5-15(14)12-20(19)26/h1-13,26H,(H,25,27). The van der Waals surface area contributed by atoms with Gasteiger partial charge in [-0.15, -0.1) is 0 Å². The minimum atomic E-state index is -0.513. The van der Waals surface area contributed by atoms with Crippen LogP contribution < -0.4 is 5.43 Å². The second kappa shape index (κ2) is 7.58. The van der Waals surface area contributed by atoms with Gasteiger partial charge in [0.05, 0.1) is 11.8 Å². The van der Waals surface area contributed by atoms with E-state index in [2.05, 4.69) is 10.5 Å². The molecular formula is C22H15ClN2O3. The summed E-state index contributed by atoms with van der Waals surface area (Å²) in [6.45, 7) is 0. The third-order valence-electron chi connectivity index (χ3n) is 4.20. The quantitative estimate of drug-likeness (QED) is 0.370. The molecule has 0 aliphatic rings. The molecule has 0 aliphatic heterocycles. The first-order chi connectivity index (χ1) is 13.6. The summed E-state index contributed by atoms with van der Waals surface area (Å²) in [6, 6.07) is 21.5. The lowest BCUT2D eigenvalue weighted by Gasteiger charge is -2.05. The van der Waals surface area contributed by atoms with Crippen molar-refractivity contribution in [3.63, 3.8) is 0 Å². The molecule has 6 heteroatoms. The summed E-state index contributed by atoms with van der Waals surface area (Å²) in [7, 11) is 0. The second-order valence-corrected chi connectivity index (χ2v) is 6.56. The molecule has 1 heterocycles. The number of hydrazone groups is 1. The normalized spacial score (nSPS) is 11.2. The Labute approximate surface area is 165 Å². The lowest BCUT2D eigenvalue weighted by atomic mass is 10.1. The van der Waals surface area contributed by atoms with E-state index in [-0.39, 0.29) is 11.3 Å². The number of hydrogen-bond donors (Lipinski definition) is 2. The van der Waals surface area contributed by atoms with E-state index in [4.69, 9.17) is 16.0 Å². The molecule has 0 fully saturated rings. The number of furan rings is 1. The molecule has 2 N–H and O–H groups in total. The Hall–Kier alpha value is -3.57. The molecule has 28 heavy (non-hydrogen) atoms. The lowest BCUT2D eigenvalue weighted by molar-refractivity contribution is 0.0952. The Kier molecular flexibility index (Phi) is 4.83. The number of carbonyl (C=O) groups excluding carboxylic acids is 1. The van der Waals surface area contributed by atoms with Crippen LogP contribution in [0.15, 0.2) is 82.3 Å². The highest BCUT2D eigenvalue weighted by molar-refractivity contribution is 6.30.